The molecule has 2 amide bonds. The summed E-state index contributed by atoms with van der Waals surface area (Å²) < 4.78 is 0. The lowest BCUT2D eigenvalue weighted by molar-refractivity contribution is -0.119. The molecule has 3 rings (SSSR count). The van der Waals surface area contributed by atoms with Crippen molar-refractivity contribution in [1.82, 2.24) is 5.32 Å². The largest absolute Gasteiger partial charge is 0.368 e. The second-order valence-corrected chi connectivity index (χ2v) is 6.15. The molecule has 0 aliphatic rings. The zero-order chi connectivity index (χ0) is 17.8. The Bertz CT molecular complexity index is 929. The van der Waals surface area contributed by atoms with Crippen LogP contribution in [0.1, 0.15) is 21.5 Å². The summed E-state index contributed by atoms with van der Waals surface area (Å²) in [5, 5.41) is 4.60. The summed E-state index contributed by atoms with van der Waals surface area (Å²) in [7, 11) is 0. The van der Waals surface area contributed by atoms with Crippen molar-refractivity contribution in [3.63, 3.8) is 0 Å². The van der Waals surface area contributed by atoms with Crippen LogP contribution in [-0.2, 0) is 11.2 Å². The van der Waals surface area contributed by atoms with Crippen LogP contribution >= 0.6 is 0 Å². The first-order chi connectivity index (χ1) is 12.0. The Morgan fingerprint density at radius 2 is 1.72 bits per heavy atom. The highest BCUT2D eigenvalue weighted by atomic mass is 16.2. The quantitative estimate of drug-likeness (QED) is 0.754. The third-order valence-electron chi connectivity index (χ3n) is 4.21. The third kappa shape index (κ3) is 3.86. The normalized spacial score (nSPS) is 11.9. The van der Waals surface area contributed by atoms with Crippen LogP contribution in [0.15, 0.2) is 66.7 Å². The third-order valence-corrected chi connectivity index (χ3v) is 4.21. The highest BCUT2D eigenvalue weighted by Gasteiger charge is 2.20. The maximum atomic E-state index is 12.7. The van der Waals surface area contributed by atoms with Crippen molar-refractivity contribution in [2.45, 2.75) is 19.4 Å². The summed E-state index contributed by atoms with van der Waals surface area (Å²) in [6.45, 7) is 1.98. The molecule has 0 aliphatic heterocycles. The highest BCUT2D eigenvalue weighted by Crippen LogP contribution is 2.18. The Balaban J connectivity index is 1.84. The first kappa shape index (κ1) is 16.7. The van der Waals surface area contributed by atoms with Crippen LogP contribution in [0.4, 0.5) is 0 Å². The van der Waals surface area contributed by atoms with E-state index < -0.39 is 11.9 Å². The van der Waals surface area contributed by atoms with Gasteiger partial charge < -0.3 is 11.1 Å². The van der Waals surface area contributed by atoms with Crippen LogP contribution in [0.5, 0.6) is 0 Å². The maximum absolute atomic E-state index is 12.7. The van der Waals surface area contributed by atoms with E-state index in [9.17, 15) is 9.59 Å². The zero-order valence-electron chi connectivity index (χ0n) is 14.0. The number of carbonyl (C=O) groups is 2. The Morgan fingerprint density at radius 3 is 2.48 bits per heavy atom. The molecule has 0 heterocycles. The fourth-order valence-electron chi connectivity index (χ4n) is 2.96. The molecule has 4 nitrogen and oxygen atoms in total. The van der Waals surface area contributed by atoms with Crippen molar-refractivity contribution in [3.05, 3.63) is 83.4 Å². The van der Waals surface area contributed by atoms with E-state index in [2.05, 4.69) is 5.32 Å². The number of hydrogen-bond acceptors (Lipinski definition) is 2. The van der Waals surface area contributed by atoms with Gasteiger partial charge in [0.15, 0.2) is 0 Å². The van der Waals surface area contributed by atoms with Crippen molar-refractivity contribution < 1.29 is 9.59 Å². The Labute approximate surface area is 146 Å². The van der Waals surface area contributed by atoms with Crippen molar-refractivity contribution >= 4 is 22.6 Å². The van der Waals surface area contributed by atoms with Gasteiger partial charge in [0, 0.05) is 12.0 Å². The summed E-state index contributed by atoms with van der Waals surface area (Å²) >= 11 is 0. The van der Waals surface area contributed by atoms with E-state index in [4.69, 9.17) is 5.73 Å². The molecule has 0 saturated heterocycles. The van der Waals surface area contributed by atoms with Crippen LogP contribution in [0, 0.1) is 6.92 Å². The monoisotopic (exact) mass is 332 g/mol. The van der Waals surface area contributed by atoms with Gasteiger partial charge in [0.25, 0.3) is 5.91 Å². The molecule has 3 aromatic carbocycles. The summed E-state index contributed by atoms with van der Waals surface area (Å²) in [5.74, 6) is -0.844. The van der Waals surface area contributed by atoms with Gasteiger partial charge in [-0.3, -0.25) is 9.59 Å². The van der Waals surface area contributed by atoms with Crippen LogP contribution < -0.4 is 11.1 Å². The van der Waals surface area contributed by atoms with Crippen molar-refractivity contribution in [1.29, 1.82) is 0 Å². The van der Waals surface area contributed by atoms with E-state index >= 15 is 0 Å². The first-order valence-corrected chi connectivity index (χ1v) is 8.18. The molecular weight excluding hydrogens is 312 g/mol. The lowest BCUT2D eigenvalue weighted by Gasteiger charge is -2.17. The minimum atomic E-state index is -0.756. The average molecular weight is 332 g/mol. The van der Waals surface area contributed by atoms with Crippen molar-refractivity contribution in [2.24, 2.45) is 5.73 Å². The molecule has 0 radical (unpaired) electrons. The molecule has 0 unspecified atom stereocenters. The first-order valence-electron chi connectivity index (χ1n) is 8.18. The van der Waals surface area contributed by atoms with Crippen LogP contribution in [0.2, 0.25) is 0 Å². The SMILES string of the molecule is Cc1cccc(C[C@H](NC(=O)c2cccc3ccccc23)C(N)=O)c1. The predicted molar refractivity (Wildman–Crippen MR) is 99.3 cm³/mol. The fraction of sp³-hybridized carbons (Fsp3) is 0.143. The molecule has 0 saturated carbocycles. The lowest BCUT2D eigenvalue weighted by atomic mass is 10.0. The Morgan fingerprint density at radius 1 is 1.00 bits per heavy atom. The molecule has 0 aromatic heterocycles. The van der Waals surface area contributed by atoms with Gasteiger partial charge in [-0.15, -0.1) is 0 Å². The smallest absolute Gasteiger partial charge is 0.252 e. The number of nitrogens with two attached hydrogens (primary N) is 1. The molecule has 0 aliphatic carbocycles. The molecule has 0 bridgehead atoms. The van der Waals surface area contributed by atoms with Crippen LogP contribution in [0.25, 0.3) is 10.8 Å². The van der Waals surface area contributed by atoms with E-state index in [0.717, 1.165) is 21.9 Å². The molecule has 126 valence electrons. The van der Waals surface area contributed by atoms with E-state index in [-0.39, 0.29) is 5.91 Å². The van der Waals surface area contributed by atoms with Gasteiger partial charge in [-0.2, -0.15) is 0 Å². The fourth-order valence-corrected chi connectivity index (χ4v) is 2.96. The Kier molecular flexibility index (Phi) is 4.80. The van der Waals surface area contributed by atoms with Crippen molar-refractivity contribution in [2.75, 3.05) is 0 Å². The number of hydrogen-bond donors (Lipinski definition) is 2. The van der Waals surface area contributed by atoms with Gasteiger partial charge in [0.05, 0.1) is 0 Å². The van der Waals surface area contributed by atoms with Crippen LogP contribution in [0.3, 0.4) is 0 Å². The van der Waals surface area contributed by atoms with Gasteiger partial charge in [-0.1, -0.05) is 66.2 Å². The van der Waals surface area contributed by atoms with Crippen molar-refractivity contribution in [3.8, 4) is 0 Å². The number of carbonyl (C=O) groups excluding carboxylic acids is 2. The number of primary amides is 1. The standard InChI is InChI=1S/C21H20N2O2/c1-14-6-4-7-15(12-14)13-19(20(22)24)23-21(25)18-11-5-9-16-8-2-3-10-17(16)18/h2-12,19H,13H2,1H3,(H2,22,24)(H,23,25)/t19-/m0/s1. The molecular formula is C21H20N2O2. The Hall–Kier alpha value is -3.14. The van der Waals surface area contributed by atoms with Gasteiger partial charge in [-0.05, 0) is 29.3 Å². The summed E-state index contributed by atoms with van der Waals surface area (Å²) in [5.41, 5.74) is 8.10. The van der Waals surface area contributed by atoms with E-state index in [1.54, 1.807) is 6.07 Å². The van der Waals surface area contributed by atoms with Gasteiger partial charge in [-0.25, -0.2) is 0 Å². The molecule has 1 atom stereocenters. The molecule has 0 spiro atoms. The maximum Gasteiger partial charge on any atom is 0.252 e. The number of rotatable bonds is 5. The highest BCUT2D eigenvalue weighted by molar-refractivity contribution is 6.08. The second-order valence-electron chi connectivity index (χ2n) is 6.15. The summed E-state index contributed by atoms with van der Waals surface area (Å²) in [4.78, 5) is 24.5. The minimum Gasteiger partial charge on any atom is -0.368 e. The lowest BCUT2D eigenvalue weighted by Crippen LogP contribution is -2.45. The number of amides is 2. The number of nitrogens with one attached hydrogen (secondary N) is 1. The number of benzene rings is 3. The van der Waals surface area contributed by atoms with Crippen LogP contribution in [-0.4, -0.2) is 17.9 Å². The summed E-state index contributed by atoms with van der Waals surface area (Å²) in [6, 6.07) is 20.2. The van der Waals surface area contributed by atoms with E-state index in [1.807, 2.05) is 67.6 Å². The summed E-state index contributed by atoms with van der Waals surface area (Å²) in [6.07, 6.45) is 0.369. The van der Waals surface area contributed by atoms with E-state index in [1.165, 1.54) is 0 Å². The molecule has 3 N–H and O–H groups in total. The zero-order valence-corrected chi connectivity index (χ0v) is 14.0. The molecule has 25 heavy (non-hydrogen) atoms. The molecule has 4 heteroatoms. The second kappa shape index (κ2) is 7.18. The van der Waals surface area contributed by atoms with E-state index in [0.29, 0.717) is 12.0 Å². The molecule has 0 fully saturated rings. The van der Waals surface area contributed by atoms with Gasteiger partial charge in [0.1, 0.15) is 6.04 Å². The topological polar surface area (TPSA) is 72.2 Å². The molecule has 3 aromatic rings. The minimum absolute atomic E-state index is 0.298. The van der Waals surface area contributed by atoms with Gasteiger partial charge in [0.2, 0.25) is 5.91 Å². The predicted octanol–water partition coefficient (Wildman–Crippen LogP) is 2.97. The average Bonchev–Trinajstić information content (AvgIpc) is 2.60. The number of aryl methyl sites for hydroxylation is 1. The number of fused-ring (bicyclic) bond motifs is 1. The van der Waals surface area contributed by atoms with Gasteiger partial charge >= 0.3 is 0 Å².